The molecule has 0 saturated carbocycles. The maximum Gasteiger partial charge on any atom is 0.325 e. The van der Waals surface area contributed by atoms with E-state index in [4.69, 9.17) is 0 Å². The van der Waals surface area contributed by atoms with Crippen LogP contribution < -0.4 is 9.62 Å². The minimum Gasteiger partial charge on any atom is -0.468 e. The number of benzene rings is 2. The Kier molecular flexibility index (Phi) is 5.24. The fourth-order valence-electron chi connectivity index (χ4n) is 3.10. The van der Waals surface area contributed by atoms with E-state index in [-0.39, 0.29) is 17.3 Å². The van der Waals surface area contributed by atoms with Crippen LogP contribution in [0.25, 0.3) is 0 Å². The molecule has 0 unspecified atom stereocenters. The van der Waals surface area contributed by atoms with Crippen molar-refractivity contribution >= 4 is 49.2 Å². The van der Waals surface area contributed by atoms with Crippen molar-refractivity contribution in [2.45, 2.75) is 24.2 Å². The summed E-state index contributed by atoms with van der Waals surface area (Å²) in [6, 6.07) is 11.2. The number of hydrogen-bond donors (Lipinski definition) is 1. The highest BCUT2D eigenvalue weighted by atomic mass is 79.9. The number of methoxy groups -OCH3 is 1. The van der Waals surface area contributed by atoms with E-state index in [1.165, 1.54) is 24.1 Å². The van der Waals surface area contributed by atoms with Crippen LogP contribution in [0.4, 0.5) is 11.4 Å². The predicted octanol–water partition coefficient (Wildman–Crippen LogP) is 3.05. The molecule has 2 aromatic rings. The highest BCUT2D eigenvalue weighted by Gasteiger charge is 2.45. The first kappa shape index (κ1) is 20.3. The largest absolute Gasteiger partial charge is 0.468 e. The van der Waals surface area contributed by atoms with Gasteiger partial charge in [-0.3, -0.25) is 14.3 Å². The van der Waals surface area contributed by atoms with Crippen LogP contribution in [0, 0.1) is 0 Å². The first-order chi connectivity index (χ1) is 13.1. The maximum absolute atomic E-state index is 12.8. The number of amides is 1. The molecule has 3 rings (SSSR count). The number of carbonyl (C=O) groups is 2. The molecule has 1 N–H and O–H groups in total. The lowest BCUT2D eigenvalue weighted by molar-refractivity contribution is -0.140. The van der Waals surface area contributed by atoms with Gasteiger partial charge in [-0.05, 0) is 55.8 Å². The number of nitrogens with zero attached hydrogens (tertiary/aromatic N) is 1. The number of rotatable bonds is 5. The van der Waals surface area contributed by atoms with Crippen LogP contribution >= 0.6 is 15.9 Å². The maximum atomic E-state index is 12.8. The predicted molar refractivity (Wildman–Crippen MR) is 109 cm³/mol. The minimum absolute atomic E-state index is 0.0343. The minimum atomic E-state index is -3.86. The van der Waals surface area contributed by atoms with Gasteiger partial charge in [-0.2, -0.15) is 0 Å². The number of ether oxygens (including phenoxy) is 1. The molecule has 0 atom stereocenters. The SMILES string of the molecule is COC(=O)CN1C(=O)C(C)(C)c2cc(S(=O)(=O)Nc3cccc(Br)c3)ccc21. The lowest BCUT2D eigenvalue weighted by Crippen LogP contribution is -2.39. The topological polar surface area (TPSA) is 92.8 Å². The van der Waals surface area contributed by atoms with Gasteiger partial charge in [-0.25, -0.2) is 8.42 Å². The second kappa shape index (κ2) is 7.21. The normalized spacial score (nSPS) is 15.3. The summed E-state index contributed by atoms with van der Waals surface area (Å²) < 4.78 is 33.5. The highest BCUT2D eigenvalue weighted by Crippen LogP contribution is 2.42. The molecular formula is C19H19BrN2O5S. The van der Waals surface area contributed by atoms with Crippen molar-refractivity contribution in [1.82, 2.24) is 0 Å². The standard InChI is InChI=1S/C19H19BrN2O5S/c1-19(2)15-10-14(28(25,26)21-13-6-4-5-12(20)9-13)7-8-16(15)22(18(19)24)11-17(23)27-3/h4-10,21H,11H2,1-3H3. The van der Waals surface area contributed by atoms with Crippen LogP contribution in [0.3, 0.4) is 0 Å². The molecule has 0 aromatic heterocycles. The van der Waals surface area contributed by atoms with Crippen molar-refractivity contribution in [1.29, 1.82) is 0 Å². The molecule has 0 spiro atoms. The van der Waals surface area contributed by atoms with Gasteiger partial charge in [0.1, 0.15) is 6.54 Å². The Balaban J connectivity index is 2.00. The monoisotopic (exact) mass is 466 g/mol. The summed E-state index contributed by atoms with van der Waals surface area (Å²) in [6.07, 6.45) is 0. The lowest BCUT2D eigenvalue weighted by atomic mass is 9.86. The number of nitrogens with one attached hydrogen (secondary N) is 1. The van der Waals surface area contributed by atoms with Gasteiger partial charge in [-0.1, -0.05) is 22.0 Å². The molecule has 0 radical (unpaired) electrons. The fraction of sp³-hybridized carbons (Fsp3) is 0.263. The average molecular weight is 467 g/mol. The number of carbonyl (C=O) groups excluding carboxylic acids is 2. The third-order valence-electron chi connectivity index (χ3n) is 4.61. The second-order valence-electron chi connectivity index (χ2n) is 6.89. The van der Waals surface area contributed by atoms with Gasteiger partial charge < -0.3 is 9.64 Å². The molecule has 9 heteroatoms. The first-order valence-electron chi connectivity index (χ1n) is 8.38. The van der Waals surface area contributed by atoms with Crippen LogP contribution in [0.2, 0.25) is 0 Å². The number of hydrogen-bond acceptors (Lipinski definition) is 5. The van der Waals surface area contributed by atoms with E-state index in [1.54, 1.807) is 44.2 Å². The van der Waals surface area contributed by atoms with Gasteiger partial charge >= 0.3 is 5.97 Å². The summed E-state index contributed by atoms with van der Waals surface area (Å²) in [5.74, 6) is -0.840. The number of fused-ring (bicyclic) bond motifs is 1. The van der Waals surface area contributed by atoms with Gasteiger partial charge in [0, 0.05) is 15.8 Å². The highest BCUT2D eigenvalue weighted by molar-refractivity contribution is 9.10. The Morgan fingerprint density at radius 2 is 1.93 bits per heavy atom. The molecular weight excluding hydrogens is 448 g/mol. The molecule has 0 bridgehead atoms. The molecule has 1 amide bonds. The van der Waals surface area contributed by atoms with E-state index in [9.17, 15) is 18.0 Å². The number of anilines is 2. The Morgan fingerprint density at radius 3 is 2.57 bits per heavy atom. The zero-order valence-corrected chi connectivity index (χ0v) is 17.9. The summed E-state index contributed by atoms with van der Waals surface area (Å²) in [6.45, 7) is 3.17. The Bertz CT molecular complexity index is 1070. The Morgan fingerprint density at radius 1 is 1.21 bits per heavy atom. The molecule has 7 nitrogen and oxygen atoms in total. The van der Waals surface area contributed by atoms with E-state index >= 15 is 0 Å². The van der Waals surface area contributed by atoms with Crippen molar-refractivity contribution in [3.8, 4) is 0 Å². The molecule has 0 aliphatic carbocycles. The van der Waals surface area contributed by atoms with E-state index < -0.39 is 21.4 Å². The molecule has 2 aromatic carbocycles. The molecule has 0 fully saturated rings. The molecule has 1 aliphatic rings. The van der Waals surface area contributed by atoms with Crippen molar-refractivity contribution in [2.75, 3.05) is 23.3 Å². The van der Waals surface area contributed by atoms with Crippen molar-refractivity contribution < 1.29 is 22.7 Å². The van der Waals surface area contributed by atoms with Crippen molar-refractivity contribution in [2.24, 2.45) is 0 Å². The van der Waals surface area contributed by atoms with Crippen molar-refractivity contribution in [3.05, 3.63) is 52.5 Å². The van der Waals surface area contributed by atoms with Crippen LogP contribution in [0.1, 0.15) is 19.4 Å². The average Bonchev–Trinajstić information content (AvgIpc) is 2.82. The summed E-state index contributed by atoms with van der Waals surface area (Å²) in [5, 5.41) is 0. The Hall–Kier alpha value is -2.39. The third-order valence-corrected chi connectivity index (χ3v) is 6.49. The van der Waals surface area contributed by atoms with E-state index in [1.807, 2.05) is 0 Å². The molecule has 1 heterocycles. The zero-order valence-electron chi connectivity index (χ0n) is 15.5. The van der Waals surface area contributed by atoms with E-state index in [0.29, 0.717) is 16.9 Å². The summed E-state index contributed by atoms with van der Waals surface area (Å²) in [5.41, 5.74) is 0.489. The quantitative estimate of drug-likeness (QED) is 0.683. The molecule has 0 saturated heterocycles. The number of halogens is 1. The lowest BCUT2D eigenvalue weighted by Gasteiger charge is -2.19. The van der Waals surface area contributed by atoms with Gasteiger partial charge in [-0.15, -0.1) is 0 Å². The first-order valence-corrected chi connectivity index (χ1v) is 10.7. The van der Waals surface area contributed by atoms with Crippen LogP contribution in [-0.4, -0.2) is 33.9 Å². The zero-order chi connectivity index (χ0) is 20.7. The van der Waals surface area contributed by atoms with Gasteiger partial charge in [0.15, 0.2) is 0 Å². The van der Waals surface area contributed by atoms with Gasteiger partial charge in [0.25, 0.3) is 10.0 Å². The summed E-state index contributed by atoms with van der Waals surface area (Å²) >= 11 is 3.30. The van der Waals surface area contributed by atoms with Crippen LogP contribution in [0.15, 0.2) is 51.8 Å². The van der Waals surface area contributed by atoms with Crippen molar-refractivity contribution in [3.63, 3.8) is 0 Å². The summed E-state index contributed by atoms with van der Waals surface area (Å²) in [7, 11) is -2.61. The molecule has 28 heavy (non-hydrogen) atoms. The third kappa shape index (κ3) is 3.64. The molecule has 1 aliphatic heterocycles. The van der Waals surface area contributed by atoms with Crippen LogP contribution in [0.5, 0.6) is 0 Å². The Labute approximate surface area is 171 Å². The molecule has 148 valence electrons. The summed E-state index contributed by atoms with van der Waals surface area (Å²) in [4.78, 5) is 25.8. The van der Waals surface area contributed by atoms with Gasteiger partial charge in [0.2, 0.25) is 5.91 Å². The van der Waals surface area contributed by atoms with E-state index in [0.717, 1.165) is 4.47 Å². The smallest absolute Gasteiger partial charge is 0.325 e. The second-order valence-corrected chi connectivity index (χ2v) is 9.49. The van der Waals surface area contributed by atoms with Gasteiger partial charge in [0.05, 0.1) is 17.4 Å². The van der Waals surface area contributed by atoms with Crippen LogP contribution in [-0.2, 0) is 29.8 Å². The van der Waals surface area contributed by atoms with E-state index in [2.05, 4.69) is 25.4 Å². The number of sulfonamides is 1. The number of esters is 1. The fourth-order valence-corrected chi connectivity index (χ4v) is 4.57.